The van der Waals surface area contributed by atoms with Gasteiger partial charge in [0.2, 0.25) is 0 Å². The van der Waals surface area contributed by atoms with Crippen molar-refractivity contribution in [3.8, 4) is 0 Å². The molecule has 0 spiro atoms. The average Bonchev–Trinajstić information content (AvgIpc) is 3.45. The van der Waals surface area contributed by atoms with Gasteiger partial charge in [-0.05, 0) is 40.2 Å². The van der Waals surface area contributed by atoms with E-state index in [-0.39, 0.29) is 12.1 Å². The predicted octanol–water partition coefficient (Wildman–Crippen LogP) is 2.22. The van der Waals surface area contributed by atoms with Crippen LogP contribution in [0, 0.1) is 6.92 Å². The third kappa shape index (κ3) is 5.00. The molecule has 5 atom stereocenters. The van der Waals surface area contributed by atoms with Crippen molar-refractivity contribution in [1.29, 1.82) is 0 Å². The first-order valence-electron chi connectivity index (χ1n) is 12.0. The number of ether oxygens (including phenoxy) is 4. The zero-order valence-corrected chi connectivity index (χ0v) is 20.7. The number of rotatable bonds is 5. The number of aromatic nitrogens is 2. The molecular formula is C25H33N3O7. The molecule has 5 rings (SSSR count). The van der Waals surface area contributed by atoms with Crippen LogP contribution in [0.5, 0.6) is 0 Å². The number of hydrogen-bond acceptors (Lipinski definition) is 8. The highest BCUT2D eigenvalue weighted by Gasteiger charge is 2.55. The van der Waals surface area contributed by atoms with Crippen LogP contribution in [-0.4, -0.2) is 57.1 Å². The summed E-state index contributed by atoms with van der Waals surface area (Å²) < 4.78 is 26.1. The summed E-state index contributed by atoms with van der Waals surface area (Å²) in [7, 11) is 0. The topological polar surface area (TPSA) is 104 Å². The Morgan fingerprint density at radius 2 is 1.71 bits per heavy atom. The Balaban J connectivity index is 1.48. The molecule has 35 heavy (non-hydrogen) atoms. The van der Waals surface area contributed by atoms with Crippen molar-refractivity contribution in [2.24, 2.45) is 0 Å². The molecule has 1 aromatic carbocycles. The van der Waals surface area contributed by atoms with E-state index in [1.54, 1.807) is 13.1 Å². The quantitative estimate of drug-likeness (QED) is 0.685. The van der Waals surface area contributed by atoms with Crippen molar-refractivity contribution in [3.05, 3.63) is 68.5 Å². The highest BCUT2D eigenvalue weighted by atomic mass is 16.8. The van der Waals surface area contributed by atoms with Crippen LogP contribution in [0.3, 0.4) is 0 Å². The number of hydrogen-bond donors (Lipinski definition) is 1. The van der Waals surface area contributed by atoms with Gasteiger partial charge in [-0.15, -0.1) is 0 Å². The van der Waals surface area contributed by atoms with Crippen LogP contribution in [0.25, 0.3) is 0 Å². The zero-order valence-electron chi connectivity index (χ0n) is 20.7. The largest absolute Gasteiger partial charge is 0.348 e. The van der Waals surface area contributed by atoms with E-state index in [2.05, 4.69) is 4.98 Å². The summed E-state index contributed by atoms with van der Waals surface area (Å²) in [6.45, 7) is 10.1. The van der Waals surface area contributed by atoms with E-state index >= 15 is 0 Å². The van der Waals surface area contributed by atoms with Crippen molar-refractivity contribution in [3.63, 3.8) is 0 Å². The molecule has 3 fully saturated rings. The van der Waals surface area contributed by atoms with Crippen LogP contribution in [0.2, 0.25) is 0 Å². The van der Waals surface area contributed by atoms with Gasteiger partial charge in [0, 0.05) is 24.7 Å². The number of nitrogens with zero attached hydrogens (tertiary/aromatic N) is 2. The molecule has 1 N–H and O–H groups in total. The van der Waals surface area contributed by atoms with Gasteiger partial charge in [-0.1, -0.05) is 30.3 Å². The maximum atomic E-state index is 12.6. The maximum absolute atomic E-state index is 12.6. The van der Waals surface area contributed by atoms with Crippen LogP contribution in [0.15, 0.2) is 46.1 Å². The fourth-order valence-electron chi connectivity index (χ4n) is 5.06. The van der Waals surface area contributed by atoms with Crippen molar-refractivity contribution < 1.29 is 23.8 Å². The third-order valence-corrected chi connectivity index (χ3v) is 6.65. The lowest BCUT2D eigenvalue weighted by molar-refractivity contribution is -0.210. The molecule has 3 saturated heterocycles. The molecule has 3 aliphatic rings. The SMILES string of the molecule is Cc1cn([C@H]2C[C@@H]([C@@H]3OC(C)(C)O[C@H]3[C@H]3COC(C)(C)O3)N(Cc3ccccc3)O2)c(=O)[nH]c1=O. The molecule has 0 unspecified atom stereocenters. The summed E-state index contributed by atoms with van der Waals surface area (Å²) >= 11 is 0. The molecule has 3 aliphatic heterocycles. The fourth-order valence-corrected chi connectivity index (χ4v) is 5.06. The van der Waals surface area contributed by atoms with E-state index < -0.39 is 41.3 Å². The van der Waals surface area contributed by atoms with Crippen molar-refractivity contribution >= 4 is 0 Å². The van der Waals surface area contributed by atoms with E-state index in [0.717, 1.165) is 5.56 Å². The van der Waals surface area contributed by atoms with Gasteiger partial charge in [0.15, 0.2) is 17.8 Å². The molecule has 190 valence electrons. The summed E-state index contributed by atoms with van der Waals surface area (Å²) in [5.74, 6) is -1.53. The molecule has 4 heterocycles. The number of hydroxylamine groups is 2. The van der Waals surface area contributed by atoms with Crippen molar-refractivity contribution in [1.82, 2.24) is 14.6 Å². The van der Waals surface area contributed by atoms with Gasteiger partial charge in [0.05, 0.1) is 12.6 Å². The normalized spacial score (nSPS) is 32.3. The number of benzene rings is 1. The Kier molecular flexibility index (Phi) is 6.23. The van der Waals surface area contributed by atoms with Crippen LogP contribution < -0.4 is 11.2 Å². The van der Waals surface area contributed by atoms with Gasteiger partial charge in [0.1, 0.15) is 18.3 Å². The van der Waals surface area contributed by atoms with Crippen LogP contribution in [0.1, 0.15) is 51.5 Å². The first-order valence-corrected chi connectivity index (χ1v) is 12.0. The lowest BCUT2D eigenvalue weighted by Crippen LogP contribution is -2.48. The van der Waals surface area contributed by atoms with E-state index in [1.807, 2.05) is 63.1 Å². The molecular weight excluding hydrogens is 454 g/mol. The average molecular weight is 488 g/mol. The second-order valence-corrected chi connectivity index (χ2v) is 10.3. The van der Waals surface area contributed by atoms with Gasteiger partial charge >= 0.3 is 5.69 Å². The molecule has 0 aliphatic carbocycles. The Labute approximate surface area is 203 Å². The molecule has 0 saturated carbocycles. The third-order valence-electron chi connectivity index (χ3n) is 6.65. The molecule has 0 radical (unpaired) electrons. The molecule has 0 amide bonds. The van der Waals surface area contributed by atoms with Crippen LogP contribution in [-0.2, 0) is 30.3 Å². The Bertz CT molecular complexity index is 1180. The number of aryl methyl sites for hydroxylation is 1. The van der Waals surface area contributed by atoms with Gasteiger partial charge in [-0.25, -0.2) is 4.79 Å². The molecule has 10 heteroatoms. The smallest absolute Gasteiger partial charge is 0.330 e. The lowest BCUT2D eigenvalue weighted by Gasteiger charge is -2.31. The maximum Gasteiger partial charge on any atom is 0.330 e. The summed E-state index contributed by atoms with van der Waals surface area (Å²) in [4.78, 5) is 33.3. The highest BCUT2D eigenvalue weighted by molar-refractivity contribution is 5.15. The summed E-state index contributed by atoms with van der Waals surface area (Å²) in [6, 6.07) is 9.70. The van der Waals surface area contributed by atoms with Crippen LogP contribution in [0.4, 0.5) is 0 Å². The first-order chi connectivity index (χ1) is 16.5. The van der Waals surface area contributed by atoms with Crippen molar-refractivity contribution in [2.75, 3.05) is 6.61 Å². The minimum Gasteiger partial charge on any atom is -0.348 e. The molecule has 2 aromatic rings. The Morgan fingerprint density at radius 1 is 1.00 bits per heavy atom. The molecule has 0 bridgehead atoms. The fraction of sp³-hybridized carbons (Fsp3) is 0.600. The minimum atomic E-state index is -0.826. The monoisotopic (exact) mass is 487 g/mol. The standard InChI is InChI=1S/C25H33N3O7/c1-15-12-27(23(30)26-22(15)29)19-11-17(28(35-19)13-16-9-7-6-8-10-16)20-21(34-25(4,5)33-20)18-14-31-24(2,3)32-18/h6-10,12,17-21H,11,13-14H2,1-5H3,(H,26,29,30)/t17-,18+,19+,20-,21-/m0/s1. The summed E-state index contributed by atoms with van der Waals surface area (Å²) in [6.07, 6.45) is 0.269. The van der Waals surface area contributed by atoms with E-state index in [4.69, 9.17) is 23.8 Å². The lowest BCUT2D eigenvalue weighted by atomic mass is 9.98. The Morgan fingerprint density at radius 3 is 2.40 bits per heavy atom. The van der Waals surface area contributed by atoms with Crippen molar-refractivity contribution in [2.45, 2.75) is 89.7 Å². The van der Waals surface area contributed by atoms with Gasteiger partial charge in [-0.3, -0.25) is 19.2 Å². The number of nitrogens with one attached hydrogen (secondary N) is 1. The summed E-state index contributed by atoms with van der Waals surface area (Å²) in [5, 5.41) is 1.86. The molecule has 10 nitrogen and oxygen atoms in total. The molecule has 1 aromatic heterocycles. The van der Waals surface area contributed by atoms with E-state index in [9.17, 15) is 9.59 Å². The second kappa shape index (κ2) is 8.95. The second-order valence-electron chi connectivity index (χ2n) is 10.3. The van der Waals surface area contributed by atoms with Gasteiger partial charge in [-0.2, -0.15) is 5.06 Å². The van der Waals surface area contributed by atoms with E-state index in [1.165, 1.54) is 4.57 Å². The predicted molar refractivity (Wildman–Crippen MR) is 125 cm³/mol. The van der Waals surface area contributed by atoms with Gasteiger partial charge < -0.3 is 18.9 Å². The first kappa shape index (κ1) is 24.4. The Hall–Kier alpha value is -2.34. The summed E-state index contributed by atoms with van der Waals surface area (Å²) in [5.41, 5.74) is 0.571. The van der Waals surface area contributed by atoms with Crippen LogP contribution >= 0.6 is 0 Å². The number of aromatic amines is 1. The van der Waals surface area contributed by atoms with E-state index in [0.29, 0.717) is 25.1 Å². The van der Waals surface area contributed by atoms with Gasteiger partial charge in [0.25, 0.3) is 5.56 Å². The number of H-pyrrole nitrogens is 1. The zero-order chi connectivity index (χ0) is 25.0. The minimum absolute atomic E-state index is 0.251. The highest BCUT2D eigenvalue weighted by Crippen LogP contribution is 2.42.